The smallest absolute Gasteiger partial charge is 0.166 e. The van der Waals surface area contributed by atoms with Crippen LogP contribution in [0.15, 0.2) is 47.8 Å². The van der Waals surface area contributed by atoms with E-state index < -0.39 is 0 Å². The van der Waals surface area contributed by atoms with Crippen molar-refractivity contribution in [1.29, 1.82) is 0 Å². The Morgan fingerprint density at radius 1 is 1.26 bits per heavy atom. The molecule has 5 nitrogen and oxygen atoms in total. The molecule has 19 heavy (non-hydrogen) atoms. The lowest BCUT2D eigenvalue weighted by molar-refractivity contribution is 1.07. The third kappa shape index (κ3) is 2.69. The number of H-pyrrole nitrogens is 1. The van der Waals surface area contributed by atoms with Crippen molar-refractivity contribution >= 4 is 28.5 Å². The molecule has 0 fully saturated rings. The van der Waals surface area contributed by atoms with Gasteiger partial charge in [0, 0.05) is 11.9 Å². The first kappa shape index (κ1) is 12.0. The van der Waals surface area contributed by atoms with Crippen LogP contribution in [0.1, 0.15) is 5.69 Å². The first-order valence-corrected chi connectivity index (χ1v) is 6.83. The van der Waals surface area contributed by atoms with E-state index in [-0.39, 0.29) is 0 Å². The van der Waals surface area contributed by atoms with Crippen LogP contribution in [0.5, 0.6) is 0 Å². The van der Waals surface area contributed by atoms with E-state index in [9.17, 15) is 0 Å². The summed E-state index contributed by atoms with van der Waals surface area (Å²) in [6, 6.07) is 11.7. The SMILES string of the molecule is NNc1ccnc(CSc2nc3ccccc3[nH]2)c1. The van der Waals surface area contributed by atoms with Crippen molar-refractivity contribution in [2.75, 3.05) is 5.43 Å². The van der Waals surface area contributed by atoms with Gasteiger partial charge in [0.2, 0.25) is 0 Å². The topological polar surface area (TPSA) is 79.6 Å². The molecule has 0 bridgehead atoms. The second-order valence-corrected chi connectivity index (χ2v) is 4.99. The molecule has 0 amide bonds. The Hall–Kier alpha value is -2.05. The zero-order valence-corrected chi connectivity index (χ0v) is 10.9. The molecule has 0 spiro atoms. The first-order valence-electron chi connectivity index (χ1n) is 5.84. The van der Waals surface area contributed by atoms with Crippen molar-refractivity contribution in [3.05, 3.63) is 48.3 Å². The Labute approximate surface area is 114 Å². The Balaban J connectivity index is 1.74. The minimum absolute atomic E-state index is 0.745. The molecule has 0 saturated heterocycles. The van der Waals surface area contributed by atoms with Crippen molar-refractivity contribution in [2.45, 2.75) is 10.9 Å². The maximum Gasteiger partial charge on any atom is 0.166 e. The number of aromatic amines is 1. The van der Waals surface area contributed by atoms with Crippen LogP contribution in [0.4, 0.5) is 5.69 Å². The molecule has 2 aromatic heterocycles. The van der Waals surface area contributed by atoms with E-state index in [2.05, 4.69) is 20.4 Å². The van der Waals surface area contributed by atoms with Gasteiger partial charge in [0.25, 0.3) is 0 Å². The molecule has 2 heterocycles. The number of thioether (sulfide) groups is 1. The molecular weight excluding hydrogens is 258 g/mol. The van der Waals surface area contributed by atoms with E-state index in [0.29, 0.717) is 0 Å². The lowest BCUT2D eigenvalue weighted by atomic mass is 10.3. The van der Waals surface area contributed by atoms with Crippen LogP contribution in [0.25, 0.3) is 11.0 Å². The zero-order valence-electron chi connectivity index (χ0n) is 10.1. The second kappa shape index (κ2) is 5.29. The number of hydrazine groups is 1. The molecular formula is C13H13N5S. The van der Waals surface area contributed by atoms with E-state index in [1.165, 1.54) is 0 Å². The molecule has 3 rings (SSSR count). The van der Waals surface area contributed by atoms with Gasteiger partial charge in [0.05, 0.1) is 22.4 Å². The predicted octanol–water partition coefficient (Wildman–Crippen LogP) is 2.54. The molecule has 3 aromatic rings. The van der Waals surface area contributed by atoms with Crippen LogP contribution < -0.4 is 11.3 Å². The molecule has 0 aliphatic carbocycles. The monoisotopic (exact) mass is 271 g/mol. The Bertz CT molecular complexity index is 661. The van der Waals surface area contributed by atoms with Crippen molar-refractivity contribution < 1.29 is 0 Å². The molecule has 4 N–H and O–H groups in total. The van der Waals surface area contributed by atoms with Gasteiger partial charge in [0.15, 0.2) is 5.16 Å². The largest absolute Gasteiger partial charge is 0.333 e. The third-order valence-electron chi connectivity index (χ3n) is 2.71. The second-order valence-electron chi connectivity index (χ2n) is 4.03. The lowest BCUT2D eigenvalue weighted by Crippen LogP contribution is -2.07. The normalized spacial score (nSPS) is 10.8. The van der Waals surface area contributed by atoms with Crippen LogP contribution in [0, 0.1) is 0 Å². The van der Waals surface area contributed by atoms with Crippen LogP contribution in [-0.4, -0.2) is 15.0 Å². The van der Waals surface area contributed by atoms with Crippen molar-refractivity contribution in [3.8, 4) is 0 Å². The van der Waals surface area contributed by atoms with Gasteiger partial charge in [-0.3, -0.25) is 10.8 Å². The standard InChI is InChI=1S/C13H13N5S/c14-18-9-5-6-15-10(7-9)8-19-13-16-11-3-1-2-4-12(11)17-13/h1-7H,8,14H2,(H,15,18)(H,16,17). The van der Waals surface area contributed by atoms with Crippen LogP contribution in [0.3, 0.4) is 0 Å². The van der Waals surface area contributed by atoms with E-state index in [0.717, 1.165) is 33.3 Å². The van der Waals surface area contributed by atoms with E-state index >= 15 is 0 Å². The highest BCUT2D eigenvalue weighted by atomic mass is 32.2. The van der Waals surface area contributed by atoms with E-state index in [4.69, 9.17) is 5.84 Å². The van der Waals surface area contributed by atoms with Crippen molar-refractivity contribution in [1.82, 2.24) is 15.0 Å². The number of imidazole rings is 1. The predicted molar refractivity (Wildman–Crippen MR) is 77.7 cm³/mol. The average Bonchev–Trinajstić information content (AvgIpc) is 2.88. The number of nitrogens with two attached hydrogens (primary N) is 1. The summed E-state index contributed by atoms with van der Waals surface area (Å²) >= 11 is 1.62. The number of aromatic nitrogens is 3. The Kier molecular flexibility index (Phi) is 3.35. The number of benzene rings is 1. The highest BCUT2D eigenvalue weighted by Gasteiger charge is 2.04. The van der Waals surface area contributed by atoms with E-state index in [1.54, 1.807) is 18.0 Å². The minimum atomic E-state index is 0.745. The van der Waals surface area contributed by atoms with Crippen LogP contribution >= 0.6 is 11.8 Å². The fourth-order valence-corrected chi connectivity index (χ4v) is 2.57. The molecule has 0 saturated carbocycles. The van der Waals surface area contributed by atoms with Crippen molar-refractivity contribution in [3.63, 3.8) is 0 Å². The van der Waals surface area contributed by atoms with E-state index in [1.807, 2.05) is 36.4 Å². The number of hydrogen-bond donors (Lipinski definition) is 3. The zero-order chi connectivity index (χ0) is 13.1. The van der Waals surface area contributed by atoms with Gasteiger partial charge >= 0.3 is 0 Å². The van der Waals surface area contributed by atoms with Gasteiger partial charge in [-0.05, 0) is 24.3 Å². The van der Waals surface area contributed by atoms with Gasteiger partial charge < -0.3 is 10.4 Å². The number of fused-ring (bicyclic) bond motifs is 1. The Morgan fingerprint density at radius 2 is 2.16 bits per heavy atom. The first-order chi connectivity index (χ1) is 9.35. The summed E-state index contributed by atoms with van der Waals surface area (Å²) in [4.78, 5) is 12.1. The quantitative estimate of drug-likeness (QED) is 0.386. The lowest BCUT2D eigenvalue weighted by Gasteiger charge is -2.02. The molecule has 0 radical (unpaired) electrons. The maximum absolute atomic E-state index is 5.37. The summed E-state index contributed by atoms with van der Waals surface area (Å²) in [5.74, 6) is 6.12. The summed E-state index contributed by atoms with van der Waals surface area (Å²) in [6.45, 7) is 0. The Morgan fingerprint density at radius 3 is 3.00 bits per heavy atom. The molecule has 0 aliphatic heterocycles. The molecule has 6 heteroatoms. The van der Waals surface area contributed by atoms with Crippen molar-refractivity contribution in [2.24, 2.45) is 5.84 Å². The van der Waals surface area contributed by atoms with Crippen LogP contribution in [0.2, 0.25) is 0 Å². The maximum atomic E-state index is 5.37. The highest BCUT2D eigenvalue weighted by molar-refractivity contribution is 7.98. The van der Waals surface area contributed by atoms with Gasteiger partial charge in [-0.15, -0.1) is 0 Å². The van der Waals surface area contributed by atoms with Gasteiger partial charge in [-0.2, -0.15) is 0 Å². The number of hydrogen-bond acceptors (Lipinski definition) is 5. The molecule has 0 unspecified atom stereocenters. The number of nitrogen functional groups attached to an aromatic ring is 1. The molecule has 0 atom stereocenters. The number of pyridine rings is 1. The summed E-state index contributed by atoms with van der Waals surface area (Å²) in [5, 5.41) is 0.897. The van der Waals surface area contributed by atoms with Crippen LogP contribution in [-0.2, 0) is 5.75 Å². The fraction of sp³-hybridized carbons (Fsp3) is 0.0769. The number of para-hydroxylation sites is 2. The molecule has 1 aromatic carbocycles. The minimum Gasteiger partial charge on any atom is -0.333 e. The number of nitrogens with one attached hydrogen (secondary N) is 2. The number of nitrogens with zero attached hydrogens (tertiary/aromatic N) is 2. The summed E-state index contributed by atoms with van der Waals surface area (Å²) in [6.07, 6.45) is 1.74. The number of anilines is 1. The average molecular weight is 271 g/mol. The third-order valence-corrected chi connectivity index (χ3v) is 3.61. The molecule has 0 aliphatic rings. The summed E-state index contributed by atoms with van der Waals surface area (Å²) < 4.78 is 0. The molecule has 96 valence electrons. The van der Waals surface area contributed by atoms with Gasteiger partial charge in [-0.1, -0.05) is 23.9 Å². The summed E-state index contributed by atoms with van der Waals surface area (Å²) in [7, 11) is 0. The summed E-state index contributed by atoms with van der Waals surface area (Å²) in [5.41, 5.74) is 6.46. The fourth-order valence-electron chi connectivity index (χ4n) is 1.79. The number of rotatable bonds is 4. The van der Waals surface area contributed by atoms with Gasteiger partial charge in [0.1, 0.15) is 0 Å². The van der Waals surface area contributed by atoms with Gasteiger partial charge in [-0.25, -0.2) is 4.98 Å². The highest BCUT2D eigenvalue weighted by Crippen LogP contribution is 2.22.